The van der Waals surface area contributed by atoms with Crippen LogP contribution in [-0.4, -0.2) is 30.4 Å². The van der Waals surface area contributed by atoms with Crippen LogP contribution in [0.4, 0.5) is 0 Å². The van der Waals surface area contributed by atoms with Crippen LogP contribution in [0.1, 0.15) is 104 Å². The van der Waals surface area contributed by atoms with Crippen molar-refractivity contribution in [3.63, 3.8) is 0 Å². The largest absolute Gasteiger partial charge is 0.496 e. The second-order valence-electron chi connectivity index (χ2n) is 10.3. The minimum absolute atomic E-state index is 0.0251. The van der Waals surface area contributed by atoms with Crippen LogP contribution in [0.15, 0.2) is 73.0 Å². The molecule has 2 atom stereocenters. The van der Waals surface area contributed by atoms with Gasteiger partial charge >= 0.3 is 0 Å². The Morgan fingerprint density at radius 1 is 0.857 bits per heavy atom. The fourth-order valence-electron chi connectivity index (χ4n) is 3.95. The van der Waals surface area contributed by atoms with Gasteiger partial charge in [-0.05, 0) is 50.2 Å². The lowest BCUT2D eigenvalue weighted by Crippen LogP contribution is -2.38. The summed E-state index contributed by atoms with van der Waals surface area (Å²) in [7, 11) is 0. The zero-order valence-corrected chi connectivity index (χ0v) is 26.9. The summed E-state index contributed by atoms with van der Waals surface area (Å²) in [6.45, 7) is 14.8. The SMILES string of the molecule is C=C(OCCCCC(=O)C(N)Cc1ccccc1)C(Cc1ccccc1)NC(=O)CCCCC.CC#CCC.CCC. The number of amides is 1. The first-order chi connectivity index (χ1) is 20.3. The predicted octanol–water partition coefficient (Wildman–Crippen LogP) is 7.97. The maximum Gasteiger partial charge on any atom is 0.220 e. The van der Waals surface area contributed by atoms with Crippen molar-refractivity contribution in [1.29, 1.82) is 0 Å². The molecule has 0 aromatic heterocycles. The van der Waals surface area contributed by atoms with E-state index in [4.69, 9.17) is 10.5 Å². The Balaban J connectivity index is 0.00000186. The van der Waals surface area contributed by atoms with Crippen LogP contribution in [0.3, 0.4) is 0 Å². The zero-order chi connectivity index (χ0) is 31.4. The average Bonchev–Trinajstić information content (AvgIpc) is 2.99. The number of ketones is 1. The summed E-state index contributed by atoms with van der Waals surface area (Å²) in [5.74, 6) is 6.28. The molecule has 0 radical (unpaired) electrons. The molecule has 0 bridgehead atoms. The van der Waals surface area contributed by atoms with Gasteiger partial charge in [-0.3, -0.25) is 9.59 Å². The van der Waals surface area contributed by atoms with Crippen molar-refractivity contribution >= 4 is 11.7 Å². The van der Waals surface area contributed by atoms with Gasteiger partial charge in [0, 0.05) is 19.3 Å². The molecule has 5 nitrogen and oxygen atoms in total. The highest BCUT2D eigenvalue weighted by atomic mass is 16.5. The van der Waals surface area contributed by atoms with Crippen molar-refractivity contribution in [2.75, 3.05) is 6.61 Å². The van der Waals surface area contributed by atoms with Gasteiger partial charge in [0.05, 0.1) is 18.7 Å². The number of unbranched alkanes of at least 4 members (excludes halogenated alkanes) is 3. The van der Waals surface area contributed by atoms with E-state index in [0.717, 1.165) is 43.2 Å². The molecule has 0 heterocycles. The van der Waals surface area contributed by atoms with Crippen molar-refractivity contribution < 1.29 is 14.3 Å². The number of rotatable bonds is 17. The van der Waals surface area contributed by atoms with E-state index in [0.29, 0.717) is 44.5 Å². The first-order valence-corrected chi connectivity index (χ1v) is 15.7. The van der Waals surface area contributed by atoms with Gasteiger partial charge in [-0.1, -0.05) is 114 Å². The second-order valence-corrected chi connectivity index (χ2v) is 10.3. The molecule has 232 valence electrons. The van der Waals surface area contributed by atoms with E-state index in [1.165, 1.54) is 6.42 Å². The summed E-state index contributed by atoms with van der Waals surface area (Å²) in [5, 5.41) is 3.09. The fraction of sp³-hybridized carbons (Fsp3) is 0.514. The first kappa shape index (κ1) is 38.6. The van der Waals surface area contributed by atoms with Crippen LogP contribution in [-0.2, 0) is 27.2 Å². The molecule has 0 saturated carbocycles. The topological polar surface area (TPSA) is 81.4 Å². The molecule has 0 aliphatic heterocycles. The van der Waals surface area contributed by atoms with Crippen LogP contribution in [0, 0.1) is 11.8 Å². The van der Waals surface area contributed by atoms with Gasteiger partial charge in [-0.25, -0.2) is 0 Å². The minimum atomic E-state index is -0.476. The Morgan fingerprint density at radius 2 is 1.40 bits per heavy atom. The second kappa shape index (κ2) is 26.5. The Morgan fingerprint density at radius 3 is 1.90 bits per heavy atom. The van der Waals surface area contributed by atoms with Crippen molar-refractivity contribution in [3.05, 3.63) is 84.1 Å². The Labute approximate surface area is 256 Å². The van der Waals surface area contributed by atoms with Crippen LogP contribution < -0.4 is 11.1 Å². The fourth-order valence-corrected chi connectivity index (χ4v) is 3.95. The van der Waals surface area contributed by atoms with E-state index in [9.17, 15) is 9.59 Å². The van der Waals surface area contributed by atoms with Crippen molar-refractivity contribution in [1.82, 2.24) is 5.32 Å². The van der Waals surface area contributed by atoms with Crippen LogP contribution in [0.2, 0.25) is 0 Å². The highest BCUT2D eigenvalue weighted by Crippen LogP contribution is 2.13. The van der Waals surface area contributed by atoms with Gasteiger partial charge in [-0.15, -0.1) is 11.8 Å². The quantitative estimate of drug-likeness (QED) is 0.114. The number of carbonyl (C=O) groups is 2. The molecule has 0 spiro atoms. The third-order valence-corrected chi connectivity index (χ3v) is 6.18. The van der Waals surface area contributed by atoms with Gasteiger partial charge in [0.1, 0.15) is 11.5 Å². The smallest absolute Gasteiger partial charge is 0.220 e. The van der Waals surface area contributed by atoms with E-state index >= 15 is 0 Å². The molecule has 2 unspecified atom stereocenters. The number of benzene rings is 2. The normalized spacial score (nSPS) is 11.2. The third-order valence-electron chi connectivity index (χ3n) is 6.18. The number of hydrogen-bond acceptors (Lipinski definition) is 4. The number of hydrogen-bond donors (Lipinski definition) is 2. The Bertz CT molecular complexity index is 1030. The molecule has 2 aromatic rings. The maximum atomic E-state index is 12.4. The summed E-state index contributed by atoms with van der Waals surface area (Å²) in [6, 6.07) is 19.1. The molecule has 0 saturated heterocycles. The highest BCUT2D eigenvalue weighted by Gasteiger charge is 2.18. The highest BCUT2D eigenvalue weighted by molar-refractivity contribution is 5.84. The lowest BCUT2D eigenvalue weighted by Gasteiger charge is -2.22. The molecule has 1 amide bonds. The number of Topliss-reactive ketones (excluding diaryl/α,β-unsaturated/α-hetero) is 1. The number of nitrogens with two attached hydrogens (primary N) is 1. The van der Waals surface area contributed by atoms with E-state index in [-0.39, 0.29) is 17.7 Å². The van der Waals surface area contributed by atoms with E-state index < -0.39 is 6.04 Å². The van der Waals surface area contributed by atoms with E-state index in [2.05, 4.69) is 44.5 Å². The molecule has 42 heavy (non-hydrogen) atoms. The molecule has 0 aliphatic rings. The van der Waals surface area contributed by atoms with Crippen LogP contribution >= 0.6 is 0 Å². The Hall–Kier alpha value is -3.36. The summed E-state index contributed by atoms with van der Waals surface area (Å²) in [6.07, 6.45) is 8.82. The van der Waals surface area contributed by atoms with Gasteiger partial charge in [0.25, 0.3) is 0 Å². The standard InChI is InChI=1S/C29H40N2O3.C5H8.C3H8/c1-3-4-7-19-29(33)31-27(22-25-16-10-6-11-17-25)23(2)34-20-13-12-18-28(32)26(30)21-24-14-8-5-9-15-24;1-3-5-4-2;1-3-2/h5-6,8-11,14-17,26-27H,2-4,7,12-13,18-22,30H2,1H3,(H,31,33);3H2,1-2H3;3H2,1-2H3. The van der Waals surface area contributed by atoms with Crippen molar-refractivity contribution in [3.8, 4) is 11.8 Å². The molecule has 0 fully saturated rings. The summed E-state index contributed by atoms with van der Waals surface area (Å²) in [4.78, 5) is 24.8. The molecular formula is C37H56N2O3. The number of ether oxygens (including phenoxy) is 1. The van der Waals surface area contributed by atoms with Gasteiger partial charge in [0.15, 0.2) is 0 Å². The zero-order valence-electron chi connectivity index (χ0n) is 26.9. The molecule has 2 rings (SSSR count). The summed E-state index contributed by atoms with van der Waals surface area (Å²) in [5.41, 5.74) is 8.27. The first-order valence-electron chi connectivity index (χ1n) is 15.7. The summed E-state index contributed by atoms with van der Waals surface area (Å²) >= 11 is 0. The monoisotopic (exact) mass is 576 g/mol. The molecule has 3 N–H and O–H groups in total. The van der Waals surface area contributed by atoms with Crippen molar-refractivity contribution in [2.24, 2.45) is 5.73 Å². The van der Waals surface area contributed by atoms with E-state index in [1.54, 1.807) is 0 Å². The number of carbonyl (C=O) groups excluding carboxylic acids is 2. The molecule has 0 aliphatic carbocycles. The average molecular weight is 577 g/mol. The van der Waals surface area contributed by atoms with Crippen molar-refractivity contribution in [2.45, 2.75) is 117 Å². The van der Waals surface area contributed by atoms with Gasteiger partial charge < -0.3 is 15.8 Å². The molecule has 5 heteroatoms. The number of nitrogens with one attached hydrogen (secondary N) is 1. The molecular weight excluding hydrogens is 520 g/mol. The minimum Gasteiger partial charge on any atom is -0.496 e. The lowest BCUT2D eigenvalue weighted by molar-refractivity contribution is -0.122. The maximum absolute atomic E-state index is 12.4. The third kappa shape index (κ3) is 20.5. The molecule has 2 aromatic carbocycles. The van der Waals surface area contributed by atoms with Crippen LogP contribution in [0.5, 0.6) is 0 Å². The lowest BCUT2D eigenvalue weighted by atomic mass is 10.00. The van der Waals surface area contributed by atoms with Gasteiger partial charge in [0.2, 0.25) is 5.91 Å². The Kier molecular flexibility index (Phi) is 24.4. The van der Waals surface area contributed by atoms with E-state index in [1.807, 2.05) is 74.5 Å². The predicted molar refractivity (Wildman–Crippen MR) is 178 cm³/mol. The van der Waals surface area contributed by atoms with Crippen LogP contribution in [0.25, 0.3) is 0 Å². The summed E-state index contributed by atoms with van der Waals surface area (Å²) < 4.78 is 5.89. The van der Waals surface area contributed by atoms with Gasteiger partial charge in [-0.2, -0.15) is 0 Å².